The lowest BCUT2D eigenvalue weighted by molar-refractivity contribution is -0.136. The Morgan fingerprint density at radius 1 is 0.886 bits per heavy atom. The van der Waals surface area contributed by atoms with Gasteiger partial charge in [0.2, 0.25) is 5.75 Å². The first-order valence-corrected chi connectivity index (χ1v) is 10.7. The third-order valence-corrected chi connectivity index (χ3v) is 5.46. The second-order valence-electron chi connectivity index (χ2n) is 7.34. The van der Waals surface area contributed by atoms with E-state index in [0.717, 1.165) is 0 Å². The van der Waals surface area contributed by atoms with Crippen LogP contribution in [0, 0.1) is 0 Å². The summed E-state index contributed by atoms with van der Waals surface area (Å²) in [4.78, 5) is 39.6. The number of benzene rings is 2. The highest BCUT2D eigenvalue weighted by Gasteiger charge is 2.38. The van der Waals surface area contributed by atoms with Gasteiger partial charge in [0.15, 0.2) is 11.5 Å². The molecule has 1 heterocycles. The van der Waals surface area contributed by atoms with Crippen LogP contribution >= 0.6 is 0 Å². The Hall–Kier alpha value is -4.27. The first kappa shape index (κ1) is 25.4. The molecule has 1 aliphatic heterocycles. The summed E-state index contributed by atoms with van der Waals surface area (Å²) < 4.78 is 26.2. The molecule has 0 bridgehead atoms. The van der Waals surface area contributed by atoms with E-state index in [1.54, 1.807) is 56.3 Å². The van der Waals surface area contributed by atoms with Crippen molar-refractivity contribution < 1.29 is 38.1 Å². The zero-order valence-corrected chi connectivity index (χ0v) is 20.5. The average Bonchev–Trinajstić information content (AvgIpc) is 3.12. The fraction of sp³-hybridized carbons (Fsp3) is 0.269. The van der Waals surface area contributed by atoms with Gasteiger partial charge in [0.1, 0.15) is 0 Å². The van der Waals surface area contributed by atoms with Gasteiger partial charge in [-0.15, -0.1) is 0 Å². The zero-order valence-electron chi connectivity index (χ0n) is 20.5. The summed E-state index contributed by atoms with van der Waals surface area (Å²) in [6, 6.07) is 9.72. The number of amides is 1. The lowest BCUT2D eigenvalue weighted by Gasteiger charge is -2.18. The van der Waals surface area contributed by atoms with Gasteiger partial charge in [0, 0.05) is 16.9 Å². The van der Waals surface area contributed by atoms with Gasteiger partial charge < -0.3 is 23.7 Å². The molecule has 1 amide bonds. The Bertz CT molecular complexity index is 1210. The van der Waals surface area contributed by atoms with Crippen LogP contribution in [-0.2, 0) is 19.1 Å². The van der Waals surface area contributed by atoms with Crippen LogP contribution in [0.2, 0.25) is 0 Å². The molecule has 0 spiro atoms. The number of methoxy groups -OCH3 is 4. The molecule has 0 aliphatic carbocycles. The van der Waals surface area contributed by atoms with Crippen molar-refractivity contribution in [2.75, 3.05) is 39.9 Å². The van der Waals surface area contributed by atoms with E-state index in [0.29, 0.717) is 39.8 Å². The van der Waals surface area contributed by atoms with E-state index in [1.165, 1.54) is 33.3 Å². The summed E-state index contributed by atoms with van der Waals surface area (Å²) in [5.74, 6) is -0.425. The average molecular weight is 482 g/mol. The summed E-state index contributed by atoms with van der Waals surface area (Å²) >= 11 is 0. The number of carbonyl (C=O) groups excluding carboxylic acids is 3. The third-order valence-electron chi connectivity index (χ3n) is 5.46. The highest BCUT2D eigenvalue weighted by Crippen LogP contribution is 2.42. The van der Waals surface area contributed by atoms with Gasteiger partial charge in [0.05, 0.1) is 51.8 Å². The van der Waals surface area contributed by atoms with Crippen LogP contribution in [0.5, 0.6) is 17.2 Å². The molecule has 0 N–H and O–H groups in total. The molecule has 2 aromatic rings. The topological polar surface area (TPSA) is 101 Å². The van der Waals surface area contributed by atoms with E-state index >= 15 is 0 Å². The molecular formula is C26H27NO8. The third kappa shape index (κ3) is 4.70. The summed E-state index contributed by atoms with van der Waals surface area (Å²) in [5, 5.41) is 0. The molecule has 9 nitrogen and oxygen atoms in total. The molecule has 35 heavy (non-hydrogen) atoms. The highest BCUT2D eigenvalue weighted by atomic mass is 16.5. The summed E-state index contributed by atoms with van der Waals surface area (Å²) in [6.07, 6.45) is 1.55. The van der Waals surface area contributed by atoms with Crippen molar-refractivity contribution in [2.24, 2.45) is 0 Å². The standard InChI is InChI=1S/C26H27NO8/c1-7-35-25(29)16-8-11-18(12-9-16)27-15(2)21(26(30)34-6)19(24(27)28)14-17-10-13-20(31-3)23(33-5)22(17)32-4/h8-14H,7H2,1-6H3/b19-14-. The van der Waals surface area contributed by atoms with Gasteiger partial charge in [0.25, 0.3) is 5.91 Å². The molecule has 0 aromatic heterocycles. The van der Waals surface area contributed by atoms with Crippen molar-refractivity contribution in [3.8, 4) is 17.2 Å². The van der Waals surface area contributed by atoms with Gasteiger partial charge in [-0.1, -0.05) is 0 Å². The lowest BCUT2D eigenvalue weighted by atomic mass is 10.0. The number of allylic oxidation sites excluding steroid dienone is 1. The number of esters is 2. The molecule has 0 saturated heterocycles. The fourth-order valence-electron chi connectivity index (χ4n) is 3.85. The number of hydrogen-bond acceptors (Lipinski definition) is 8. The molecule has 9 heteroatoms. The van der Waals surface area contributed by atoms with E-state index in [1.807, 2.05) is 0 Å². The van der Waals surface area contributed by atoms with Crippen molar-refractivity contribution >= 4 is 29.6 Å². The largest absolute Gasteiger partial charge is 0.493 e. The normalized spacial score (nSPS) is 14.3. The van der Waals surface area contributed by atoms with Crippen LogP contribution in [0.15, 0.2) is 53.2 Å². The fourth-order valence-corrected chi connectivity index (χ4v) is 3.85. The molecule has 1 aliphatic rings. The first-order valence-electron chi connectivity index (χ1n) is 10.7. The SMILES string of the molecule is CCOC(=O)c1ccc(N2C(=O)/C(=C\c3ccc(OC)c(OC)c3OC)C(C(=O)OC)=C2C)cc1. The number of nitrogens with zero attached hydrogens (tertiary/aromatic N) is 1. The highest BCUT2D eigenvalue weighted by molar-refractivity contribution is 6.24. The van der Waals surface area contributed by atoms with Gasteiger partial charge in [-0.2, -0.15) is 0 Å². The maximum Gasteiger partial charge on any atom is 0.340 e. The van der Waals surface area contributed by atoms with E-state index < -0.39 is 17.8 Å². The van der Waals surface area contributed by atoms with E-state index in [2.05, 4.69) is 0 Å². The van der Waals surface area contributed by atoms with E-state index in [9.17, 15) is 14.4 Å². The number of rotatable bonds is 8. The van der Waals surface area contributed by atoms with Crippen LogP contribution < -0.4 is 19.1 Å². The minimum absolute atomic E-state index is 0.115. The molecule has 184 valence electrons. The number of ether oxygens (including phenoxy) is 5. The Balaban J connectivity index is 2.12. The van der Waals surface area contributed by atoms with Crippen molar-refractivity contribution in [1.29, 1.82) is 0 Å². The Kier molecular flexibility index (Phi) is 7.80. The molecule has 0 unspecified atom stereocenters. The lowest BCUT2D eigenvalue weighted by Crippen LogP contribution is -2.24. The quantitative estimate of drug-likeness (QED) is 0.415. The Morgan fingerprint density at radius 3 is 2.09 bits per heavy atom. The molecule has 0 fully saturated rings. The molecule has 3 rings (SSSR count). The minimum Gasteiger partial charge on any atom is -0.493 e. The summed E-state index contributed by atoms with van der Waals surface area (Å²) in [6.45, 7) is 3.62. The first-order chi connectivity index (χ1) is 16.8. The molecule has 0 saturated carbocycles. The van der Waals surface area contributed by atoms with Crippen molar-refractivity contribution in [3.63, 3.8) is 0 Å². The van der Waals surface area contributed by atoms with Crippen molar-refractivity contribution in [2.45, 2.75) is 13.8 Å². The van der Waals surface area contributed by atoms with Crippen LogP contribution in [0.4, 0.5) is 5.69 Å². The molecule has 0 radical (unpaired) electrons. The maximum absolute atomic E-state index is 13.6. The minimum atomic E-state index is -0.660. The predicted molar refractivity (Wildman–Crippen MR) is 129 cm³/mol. The second-order valence-corrected chi connectivity index (χ2v) is 7.34. The van der Waals surface area contributed by atoms with Gasteiger partial charge in [-0.05, 0) is 56.3 Å². The van der Waals surface area contributed by atoms with E-state index in [4.69, 9.17) is 23.7 Å². The molecule has 0 atom stereocenters. The number of hydrogen-bond donors (Lipinski definition) is 0. The number of anilines is 1. The van der Waals surface area contributed by atoms with Crippen molar-refractivity contribution in [3.05, 3.63) is 64.4 Å². The Labute approximate surface area is 203 Å². The summed E-state index contributed by atoms with van der Waals surface area (Å²) in [5.41, 5.74) is 1.95. The Morgan fingerprint density at radius 2 is 1.54 bits per heavy atom. The smallest absolute Gasteiger partial charge is 0.340 e. The zero-order chi connectivity index (χ0) is 25.7. The van der Waals surface area contributed by atoms with Crippen LogP contribution in [-0.4, -0.2) is 52.9 Å². The van der Waals surface area contributed by atoms with Gasteiger partial charge in [-0.3, -0.25) is 9.69 Å². The maximum atomic E-state index is 13.6. The second kappa shape index (κ2) is 10.8. The molecular weight excluding hydrogens is 454 g/mol. The molecule has 2 aromatic carbocycles. The van der Waals surface area contributed by atoms with Gasteiger partial charge >= 0.3 is 11.9 Å². The predicted octanol–water partition coefficient (Wildman–Crippen LogP) is 3.77. The van der Waals surface area contributed by atoms with Crippen LogP contribution in [0.3, 0.4) is 0 Å². The van der Waals surface area contributed by atoms with Crippen LogP contribution in [0.1, 0.15) is 29.8 Å². The monoisotopic (exact) mass is 481 g/mol. The number of carbonyl (C=O) groups is 3. The van der Waals surface area contributed by atoms with Crippen molar-refractivity contribution in [1.82, 2.24) is 0 Å². The van der Waals surface area contributed by atoms with Gasteiger partial charge in [-0.25, -0.2) is 9.59 Å². The summed E-state index contributed by atoms with van der Waals surface area (Å²) in [7, 11) is 5.69. The van der Waals surface area contributed by atoms with Crippen LogP contribution in [0.25, 0.3) is 6.08 Å². The van der Waals surface area contributed by atoms with E-state index in [-0.39, 0.29) is 17.8 Å².